The van der Waals surface area contributed by atoms with Gasteiger partial charge in [0.1, 0.15) is 11.5 Å². The molecule has 1 unspecified atom stereocenters. The normalized spacial score (nSPS) is 13.1. The molecule has 0 radical (unpaired) electrons. The standard InChI is InChI=1S/C10H13BrN4O/c1-5-4-7(6(2)16-5)8(12)9-10(11)13-14-15(9)3/h4,8H,12H2,1-3H3. The predicted molar refractivity (Wildman–Crippen MR) is 62.9 cm³/mol. The van der Waals surface area contributed by atoms with E-state index in [1.165, 1.54) is 0 Å². The second-order valence-corrected chi connectivity index (χ2v) is 4.49. The molecule has 1 atom stereocenters. The number of nitrogens with zero attached hydrogens (tertiary/aromatic N) is 3. The molecule has 0 fully saturated rings. The third-order valence-electron chi connectivity index (χ3n) is 2.54. The molecular formula is C10H13BrN4O. The predicted octanol–water partition coefficient (Wildman–Crippen LogP) is 1.84. The van der Waals surface area contributed by atoms with Crippen molar-refractivity contribution < 1.29 is 4.42 Å². The Morgan fingerprint density at radius 2 is 2.19 bits per heavy atom. The first-order valence-electron chi connectivity index (χ1n) is 4.88. The van der Waals surface area contributed by atoms with Crippen molar-refractivity contribution in [2.24, 2.45) is 12.8 Å². The molecule has 0 aliphatic heterocycles. The zero-order valence-corrected chi connectivity index (χ0v) is 10.9. The molecule has 0 saturated carbocycles. The average Bonchev–Trinajstić information content (AvgIpc) is 2.70. The molecule has 0 aliphatic carbocycles. The first-order valence-corrected chi connectivity index (χ1v) is 5.67. The van der Waals surface area contributed by atoms with Gasteiger partial charge in [0.05, 0.1) is 11.7 Å². The minimum absolute atomic E-state index is 0.285. The van der Waals surface area contributed by atoms with E-state index in [1.54, 1.807) is 4.68 Å². The minimum atomic E-state index is -0.285. The Balaban J connectivity index is 2.46. The second kappa shape index (κ2) is 4.03. The van der Waals surface area contributed by atoms with Crippen molar-refractivity contribution in [2.75, 3.05) is 0 Å². The molecule has 0 aromatic carbocycles. The van der Waals surface area contributed by atoms with Crippen LogP contribution >= 0.6 is 15.9 Å². The second-order valence-electron chi connectivity index (χ2n) is 3.74. The Morgan fingerprint density at radius 1 is 1.50 bits per heavy atom. The van der Waals surface area contributed by atoms with Gasteiger partial charge >= 0.3 is 0 Å². The van der Waals surface area contributed by atoms with E-state index in [0.29, 0.717) is 4.60 Å². The fourth-order valence-corrected chi connectivity index (χ4v) is 2.35. The van der Waals surface area contributed by atoms with E-state index < -0.39 is 0 Å². The summed E-state index contributed by atoms with van der Waals surface area (Å²) in [6, 6.07) is 1.66. The maximum absolute atomic E-state index is 6.19. The summed E-state index contributed by atoms with van der Waals surface area (Å²) >= 11 is 3.34. The molecule has 0 aliphatic rings. The zero-order chi connectivity index (χ0) is 11.9. The highest BCUT2D eigenvalue weighted by Crippen LogP contribution is 2.28. The molecule has 6 heteroatoms. The number of halogens is 1. The molecule has 0 bridgehead atoms. The fraction of sp³-hybridized carbons (Fsp3) is 0.400. The number of hydrogen-bond donors (Lipinski definition) is 1. The molecule has 2 N–H and O–H groups in total. The number of hydrogen-bond acceptors (Lipinski definition) is 4. The van der Waals surface area contributed by atoms with Crippen LogP contribution in [0.4, 0.5) is 0 Å². The van der Waals surface area contributed by atoms with Crippen LogP contribution in [0, 0.1) is 13.8 Å². The van der Waals surface area contributed by atoms with Crippen molar-refractivity contribution >= 4 is 15.9 Å². The van der Waals surface area contributed by atoms with E-state index >= 15 is 0 Å². The summed E-state index contributed by atoms with van der Waals surface area (Å²) in [6.07, 6.45) is 0. The topological polar surface area (TPSA) is 69.9 Å². The number of rotatable bonds is 2. The van der Waals surface area contributed by atoms with E-state index in [0.717, 1.165) is 22.8 Å². The Kier molecular flexibility index (Phi) is 2.86. The van der Waals surface area contributed by atoms with Crippen LogP contribution in [-0.4, -0.2) is 15.0 Å². The number of aromatic nitrogens is 3. The molecule has 0 amide bonds. The number of aryl methyl sites for hydroxylation is 3. The fourth-order valence-electron chi connectivity index (χ4n) is 1.78. The van der Waals surface area contributed by atoms with Crippen LogP contribution < -0.4 is 5.73 Å². The van der Waals surface area contributed by atoms with E-state index in [9.17, 15) is 0 Å². The van der Waals surface area contributed by atoms with E-state index in [2.05, 4.69) is 26.2 Å². The molecule has 0 saturated heterocycles. The van der Waals surface area contributed by atoms with Crippen molar-refractivity contribution in [1.82, 2.24) is 15.0 Å². The molecule has 86 valence electrons. The van der Waals surface area contributed by atoms with Gasteiger partial charge in [0.2, 0.25) is 0 Å². The maximum atomic E-state index is 6.19. The van der Waals surface area contributed by atoms with Gasteiger partial charge in [0, 0.05) is 12.6 Å². The molecule has 2 aromatic heterocycles. The third-order valence-corrected chi connectivity index (χ3v) is 3.10. The average molecular weight is 285 g/mol. The lowest BCUT2D eigenvalue weighted by Crippen LogP contribution is -2.16. The monoisotopic (exact) mass is 284 g/mol. The highest BCUT2D eigenvalue weighted by Gasteiger charge is 2.21. The molecule has 2 aromatic rings. The molecular weight excluding hydrogens is 272 g/mol. The zero-order valence-electron chi connectivity index (χ0n) is 9.36. The highest BCUT2D eigenvalue weighted by atomic mass is 79.9. The largest absolute Gasteiger partial charge is 0.466 e. The summed E-state index contributed by atoms with van der Waals surface area (Å²) < 4.78 is 7.80. The van der Waals surface area contributed by atoms with Crippen LogP contribution in [0.1, 0.15) is 28.8 Å². The molecule has 16 heavy (non-hydrogen) atoms. The third kappa shape index (κ3) is 1.78. The van der Waals surface area contributed by atoms with Crippen molar-refractivity contribution in [3.8, 4) is 0 Å². The lowest BCUT2D eigenvalue weighted by Gasteiger charge is -2.10. The van der Waals surface area contributed by atoms with Crippen LogP contribution in [0.15, 0.2) is 15.1 Å². The van der Waals surface area contributed by atoms with Crippen LogP contribution in [0.5, 0.6) is 0 Å². The van der Waals surface area contributed by atoms with Crippen molar-refractivity contribution in [3.05, 3.63) is 33.4 Å². The van der Waals surface area contributed by atoms with Gasteiger partial charge < -0.3 is 10.2 Å². The summed E-state index contributed by atoms with van der Waals surface area (Å²) in [5.74, 6) is 1.69. The van der Waals surface area contributed by atoms with Crippen LogP contribution in [-0.2, 0) is 7.05 Å². The lowest BCUT2D eigenvalue weighted by molar-refractivity contribution is 0.498. The van der Waals surface area contributed by atoms with Gasteiger partial charge in [-0.05, 0) is 35.8 Å². The molecule has 0 spiro atoms. The Labute approximate surface area is 102 Å². The Morgan fingerprint density at radius 3 is 2.62 bits per heavy atom. The smallest absolute Gasteiger partial charge is 0.153 e. The molecule has 2 heterocycles. The minimum Gasteiger partial charge on any atom is -0.466 e. The van der Waals surface area contributed by atoms with Crippen molar-refractivity contribution in [3.63, 3.8) is 0 Å². The summed E-state index contributed by atoms with van der Waals surface area (Å²) in [4.78, 5) is 0. The SMILES string of the molecule is Cc1cc(C(N)c2c(Br)nnn2C)c(C)o1. The van der Waals surface area contributed by atoms with Crippen molar-refractivity contribution in [2.45, 2.75) is 19.9 Å². The van der Waals surface area contributed by atoms with Gasteiger partial charge in [0.25, 0.3) is 0 Å². The molecule has 2 rings (SSSR count). The van der Waals surface area contributed by atoms with Gasteiger partial charge in [-0.15, -0.1) is 5.10 Å². The van der Waals surface area contributed by atoms with E-state index in [-0.39, 0.29) is 6.04 Å². The van der Waals surface area contributed by atoms with Crippen LogP contribution in [0.2, 0.25) is 0 Å². The van der Waals surface area contributed by atoms with E-state index in [4.69, 9.17) is 10.2 Å². The summed E-state index contributed by atoms with van der Waals surface area (Å²) in [5.41, 5.74) is 7.98. The van der Waals surface area contributed by atoms with Gasteiger partial charge in [0.15, 0.2) is 4.60 Å². The van der Waals surface area contributed by atoms with E-state index in [1.807, 2.05) is 27.0 Å². The van der Waals surface area contributed by atoms with Gasteiger partial charge in [-0.2, -0.15) is 0 Å². The molecule has 5 nitrogen and oxygen atoms in total. The number of nitrogens with two attached hydrogens (primary N) is 1. The summed E-state index contributed by atoms with van der Waals surface area (Å²) in [5, 5.41) is 7.83. The highest BCUT2D eigenvalue weighted by molar-refractivity contribution is 9.10. The quantitative estimate of drug-likeness (QED) is 0.914. The first-order chi connectivity index (χ1) is 7.50. The van der Waals surface area contributed by atoms with Gasteiger partial charge in [-0.25, -0.2) is 4.68 Å². The van der Waals surface area contributed by atoms with Crippen LogP contribution in [0.3, 0.4) is 0 Å². The number of furan rings is 1. The summed E-state index contributed by atoms with van der Waals surface area (Å²) in [7, 11) is 1.81. The van der Waals surface area contributed by atoms with Crippen molar-refractivity contribution in [1.29, 1.82) is 0 Å². The Hall–Kier alpha value is -1.14. The lowest BCUT2D eigenvalue weighted by atomic mass is 10.1. The van der Waals surface area contributed by atoms with Crippen LogP contribution in [0.25, 0.3) is 0 Å². The first kappa shape index (κ1) is 11.3. The maximum Gasteiger partial charge on any atom is 0.153 e. The summed E-state index contributed by atoms with van der Waals surface area (Å²) in [6.45, 7) is 3.81. The van der Waals surface area contributed by atoms with Gasteiger partial charge in [-0.1, -0.05) is 5.21 Å². The Bertz CT molecular complexity index is 497. The van der Waals surface area contributed by atoms with Gasteiger partial charge in [-0.3, -0.25) is 0 Å².